The van der Waals surface area contributed by atoms with Crippen LogP contribution in [0.4, 0.5) is 15.8 Å². The first-order chi connectivity index (χ1) is 17.7. The van der Waals surface area contributed by atoms with Crippen LogP contribution in [0.1, 0.15) is 31.0 Å². The van der Waals surface area contributed by atoms with E-state index in [1.807, 2.05) is 12.1 Å². The third-order valence-corrected chi connectivity index (χ3v) is 7.03. The summed E-state index contributed by atoms with van der Waals surface area (Å²) >= 11 is 6.71. The summed E-state index contributed by atoms with van der Waals surface area (Å²) in [5.41, 5.74) is 1.92. The van der Waals surface area contributed by atoms with Gasteiger partial charge in [0.1, 0.15) is 18.2 Å². The van der Waals surface area contributed by atoms with E-state index in [1.165, 1.54) is 12.1 Å². The van der Waals surface area contributed by atoms with Crippen LogP contribution >= 0.6 is 11.6 Å². The lowest BCUT2D eigenvalue weighted by atomic mass is 9.92. The fourth-order valence-electron chi connectivity index (χ4n) is 5.03. The Labute approximate surface area is 222 Å². The maximum absolute atomic E-state index is 13.8. The lowest BCUT2D eigenvalue weighted by Gasteiger charge is -2.49. The van der Waals surface area contributed by atoms with E-state index in [0.717, 1.165) is 16.8 Å². The van der Waals surface area contributed by atoms with Crippen molar-refractivity contribution in [2.45, 2.75) is 31.5 Å². The van der Waals surface area contributed by atoms with Crippen LogP contribution in [-0.2, 0) is 5.60 Å². The number of nitrogens with zero attached hydrogens (tertiary/aromatic N) is 3. The minimum Gasteiger partial charge on any atom is -0.491 e. The number of ether oxygens (including phenoxy) is 1. The molecule has 0 radical (unpaired) electrons. The van der Waals surface area contributed by atoms with Gasteiger partial charge in [0.15, 0.2) is 5.69 Å². The smallest absolute Gasteiger partial charge is 0.187 e. The molecular weight excluding hydrogens is 493 g/mol. The average molecular weight is 524 g/mol. The van der Waals surface area contributed by atoms with Crippen LogP contribution in [0, 0.1) is 12.4 Å². The minimum absolute atomic E-state index is 0.0193. The van der Waals surface area contributed by atoms with Gasteiger partial charge in [-0.05, 0) is 49.2 Å². The SMILES string of the molecule is [C-]#[N+]c1ccc([C@](C)(O)CN2C[C@@H](C)N(c3ccc(OCCO)cc3Cl)[C@H](c3ccc(F)cc3)C2)cc1. The highest BCUT2D eigenvalue weighted by Gasteiger charge is 2.37. The molecule has 6 nitrogen and oxygen atoms in total. The Kier molecular flexibility index (Phi) is 8.35. The maximum Gasteiger partial charge on any atom is 0.187 e. The topological polar surface area (TPSA) is 60.5 Å². The Morgan fingerprint density at radius 2 is 1.81 bits per heavy atom. The number of β-amino-alcohol motifs (C(OH)–C–C–N with tert-alkyl or cyclic N) is 1. The Bertz CT molecular complexity index is 1240. The van der Waals surface area contributed by atoms with Crippen molar-refractivity contribution < 1.29 is 19.3 Å². The molecule has 0 unspecified atom stereocenters. The summed E-state index contributed by atoms with van der Waals surface area (Å²) < 4.78 is 19.3. The molecule has 4 rings (SSSR count). The first kappa shape index (κ1) is 26.9. The number of benzene rings is 3. The molecule has 3 aromatic carbocycles. The van der Waals surface area contributed by atoms with E-state index in [1.54, 1.807) is 49.4 Å². The standard InChI is InChI=1S/C29H31ClFN3O3/c1-20-17-33(19-29(2,36)22-6-10-24(32-3)11-7-22)18-28(21-4-8-23(31)9-5-21)34(20)27-13-12-25(16-26(27)30)37-15-14-35/h4-13,16,20,28,35-36H,14-15,17-19H2,1-2H3/t20-,28+,29-/m1/s1. The predicted molar refractivity (Wildman–Crippen MR) is 144 cm³/mol. The van der Waals surface area contributed by atoms with E-state index in [0.29, 0.717) is 36.1 Å². The fourth-order valence-corrected chi connectivity index (χ4v) is 5.30. The molecule has 0 aliphatic carbocycles. The second kappa shape index (κ2) is 11.5. The second-order valence-corrected chi connectivity index (χ2v) is 10.0. The van der Waals surface area contributed by atoms with Crippen LogP contribution in [0.5, 0.6) is 5.75 Å². The highest BCUT2D eigenvalue weighted by molar-refractivity contribution is 6.33. The van der Waals surface area contributed by atoms with Crippen molar-refractivity contribution >= 4 is 23.0 Å². The summed E-state index contributed by atoms with van der Waals surface area (Å²) in [6.07, 6.45) is 0. The summed E-state index contributed by atoms with van der Waals surface area (Å²) in [7, 11) is 0. The van der Waals surface area contributed by atoms with Crippen molar-refractivity contribution in [3.8, 4) is 5.75 Å². The van der Waals surface area contributed by atoms with Crippen molar-refractivity contribution in [2.24, 2.45) is 0 Å². The quantitative estimate of drug-likeness (QED) is 0.378. The van der Waals surface area contributed by atoms with Gasteiger partial charge in [-0.1, -0.05) is 48.0 Å². The first-order valence-corrected chi connectivity index (χ1v) is 12.6. The van der Waals surface area contributed by atoms with Gasteiger partial charge in [0, 0.05) is 31.7 Å². The van der Waals surface area contributed by atoms with Gasteiger partial charge < -0.3 is 19.8 Å². The molecule has 1 saturated heterocycles. The zero-order valence-electron chi connectivity index (χ0n) is 20.9. The van der Waals surface area contributed by atoms with Crippen molar-refractivity contribution in [2.75, 3.05) is 37.7 Å². The number of rotatable bonds is 8. The van der Waals surface area contributed by atoms with Crippen LogP contribution in [0.25, 0.3) is 4.85 Å². The summed E-state index contributed by atoms with van der Waals surface area (Å²) in [6.45, 7) is 12.8. The number of halogens is 2. The van der Waals surface area contributed by atoms with E-state index >= 15 is 0 Å². The highest BCUT2D eigenvalue weighted by Crippen LogP contribution is 2.40. The average Bonchev–Trinajstić information content (AvgIpc) is 2.88. The van der Waals surface area contributed by atoms with Gasteiger partial charge in [0.05, 0.1) is 35.5 Å². The van der Waals surface area contributed by atoms with E-state index in [-0.39, 0.29) is 31.1 Å². The molecule has 0 bridgehead atoms. The Morgan fingerprint density at radius 3 is 2.43 bits per heavy atom. The minimum atomic E-state index is -1.13. The first-order valence-electron chi connectivity index (χ1n) is 12.2. The predicted octanol–water partition coefficient (Wildman–Crippen LogP) is 5.56. The third kappa shape index (κ3) is 6.23. The molecular formula is C29H31ClFN3O3. The van der Waals surface area contributed by atoms with Crippen molar-refractivity contribution in [1.29, 1.82) is 0 Å². The molecule has 0 saturated carbocycles. The summed E-state index contributed by atoms with van der Waals surface area (Å²) in [5.74, 6) is 0.276. The number of hydrogen-bond acceptors (Lipinski definition) is 5. The lowest BCUT2D eigenvalue weighted by molar-refractivity contribution is 0.00638. The summed E-state index contributed by atoms with van der Waals surface area (Å²) in [6, 6.07) is 18.9. The van der Waals surface area contributed by atoms with Gasteiger partial charge in [-0.15, -0.1) is 0 Å². The number of anilines is 1. The molecule has 2 N–H and O–H groups in total. The third-order valence-electron chi connectivity index (χ3n) is 6.73. The molecule has 8 heteroatoms. The van der Waals surface area contributed by atoms with Crippen LogP contribution < -0.4 is 9.64 Å². The van der Waals surface area contributed by atoms with E-state index < -0.39 is 5.60 Å². The zero-order valence-corrected chi connectivity index (χ0v) is 21.7. The summed E-state index contributed by atoms with van der Waals surface area (Å²) in [5, 5.41) is 20.9. The maximum atomic E-state index is 13.8. The van der Waals surface area contributed by atoms with Crippen LogP contribution in [0.15, 0.2) is 66.7 Å². The van der Waals surface area contributed by atoms with E-state index in [2.05, 4.69) is 21.6 Å². The number of piperazine rings is 1. The molecule has 0 amide bonds. The molecule has 37 heavy (non-hydrogen) atoms. The van der Waals surface area contributed by atoms with Crippen molar-refractivity contribution in [3.63, 3.8) is 0 Å². The Morgan fingerprint density at radius 1 is 1.11 bits per heavy atom. The molecule has 194 valence electrons. The van der Waals surface area contributed by atoms with Crippen LogP contribution in [0.2, 0.25) is 5.02 Å². The van der Waals surface area contributed by atoms with Crippen molar-refractivity contribution in [3.05, 3.63) is 100 Å². The van der Waals surface area contributed by atoms with Gasteiger partial charge in [-0.3, -0.25) is 4.90 Å². The van der Waals surface area contributed by atoms with Gasteiger partial charge in [-0.2, -0.15) is 0 Å². The van der Waals surface area contributed by atoms with E-state index in [4.69, 9.17) is 28.0 Å². The number of aliphatic hydroxyl groups is 2. The van der Waals surface area contributed by atoms with Crippen molar-refractivity contribution in [1.82, 2.24) is 4.90 Å². The molecule has 3 atom stereocenters. The highest BCUT2D eigenvalue weighted by atomic mass is 35.5. The molecule has 0 aromatic heterocycles. The van der Waals surface area contributed by atoms with E-state index in [9.17, 15) is 9.50 Å². The fraction of sp³-hybridized carbons (Fsp3) is 0.345. The molecule has 1 fully saturated rings. The normalized spacial score (nSPS) is 19.8. The van der Waals surface area contributed by atoms with Gasteiger partial charge in [0.2, 0.25) is 0 Å². The zero-order chi connectivity index (χ0) is 26.6. The lowest BCUT2D eigenvalue weighted by Crippen LogP contribution is -2.56. The molecule has 0 spiro atoms. The molecule has 1 aliphatic rings. The Balaban J connectivity index is 1.63. The number of aliphatic hydroxyl groups excluding tert-OH is 1. The van der Waals surface area contributed by atoms with Crippen LogP contribution in [0.3, 0.4) is 0 Å². The molecule has 3 aromatic rings. The largest absolute Gasteiger partial charge is 0.491 e. The molecule has 1 aliphatic heterocycles. The van der Waals surface area contributed by atoms with Gasteiger partial charge >= 0.3 is 0 Å². The molecule has 1 heterocycles. The number of hydrogen-bond donors (Lipinski definition) is 2. The van der Waals surface area contributed by atoms with Crippen LogP contribution in [-0.4, -0.2) is 54.0 Å². The Hall–Kier alpha value is -3.15. The van der Waals surface area contributed by atoms with Gasteiger partial charge in [0.25, 0.3) is 0 Å². The van der Waals surface area contributed by atoms with Gasteiger partial charge in [-0.25, -0.2) is 9.24 Å². The summed E-state index contributed by atoms with van der Waals surface area (Å²) in [4.78, 5) is 7.88. The monoisotopic (exact) mass is 523 g/mol. The second-order valence-electron chi connectivity index (χ2n) is 9.64.